The number of hydrogen-bond acceptors (Lipinski definition) is 2. The highest BCUT2D eigenvalue weighted by molar-refractivity contribution is 5.36. The normalized spacial score (nSPS) is 37.8. The number of ether oxygens (including phenoxy) is 1. The lowest BCUT2D eigenvalue weighted by Crippen LogP contribution is -2.42. The van der Waals surface area contributed by atoms with E-state index in [1.165, 1.54) is 5.57 Å². The molecule has 0 radical (unpaired) electrons. The molecule has 0 amide bonds. The maximum absolute atomic E-state index is 10.1. The van der Waals surface area contributed by atoms with Crippen molar-refractivity contribution in [1.29, 1.82) is 0 Å². The second-order valence-electron chi connectivity index (χ2n) is 6.13. The quantitative estimate of drug-likeness (QED) is 0.773. The van der Waals surface area contributed by atoms with Crippen LogP contribution in [0.1, 0.15) is 32.4 Å². The molecule has 19 heavy (non-hydrogen) atoms. The molecule has 2 bridgehead atoms. The second kappa shape index (κ2) is 4.68. The molecule has 1 aromatic carbocycles. The van der Waals surface area contributed by atoms with Crippen molar-refractivity contribution in [2.75, 3.05) is 6.61 Å². The molecule has 3 rings (SSSR count). The molecule has 2 nitrogen and oxygen atoms in total. The summed E-state index contributed by atoms with van der Waals surface area (Å²) in [6, 6.07) is 7.57. The Morgan fingerprint density at radius 3 is 2.68 bits per heavy atom. The molecule has 0 spiro atoms. The van der Waals surface area contributed by atoms with Gasteiger partial charge in [0.15, 0.2) is 0 Å². The van der Waals surface area contributed by atoms with E-state index in [-0.39, 0.29) is 6.10 Å². The summed E-state index contributed by atoms with van der Waals surface area (Å²) in [5.41, 5.74) is 2.34. The van der Waals surface area contributed by atoms with E-state index in [0.29, 0.717) is 29.4 Å². The summed E-state index contributed by atoms with van der Waals surface area (Å²) in [5, 5.41) is 10.1. The third-order valence-corrected chi connectivity index (χ3v) is 5.01. The maximum Gasteiger partial charge on any atom is 0.121 e. The predicted molar refractivity (Wildman–Crippen MR) is 75.9 cm³/mol. The number of fused-ring (bicyclic) bond motifs is 2. The molecule has 1 saturated heterocycles. The Morgan fingerprint density at radius 2 is 1.95 bits per heavy atom. The lowest BCUT2D eigenvalue weighted by molar-refractivity contribution is -0.0941. The molecule has 1 aliphatic heterocycles. The molecular formula is C17H22O2. The molecule has 1 aliphatic carbocycles. The van der Waals surface area contributed by atoms with Crippen LogP contribution in [0.2, 0.25) is 0 Å². The molecule has 102 valence electrons. The van der Waals surface area contributed by atoms with Gasteiger partial charge in [-0.3, -0.25) is 0 Å². The van der Waals surface area contributed by atoms with Crippen molar-refractivity contribution < 1.29 is 9.84 Å². The Hall–Kier alpha value is -1.28. The number of aromatic hydroxyl groups is 1. The molecule has 2 aliphatic rings. The van der Waals surface area contributed by atoms with Crippen LogP contribution in [-0.4, -0.2) is 11.7 Å². The zero-order valence-corrected chi connectivity index (χ0v) is 11.8. The van der Waals surface area contributed by atoms with Gasteiger partial charge in [0.1, 0.15) is 5.75 Å². The Bertz CT molecular complexity index is 506. The van der Waals surface area contributed by atoms with Crippen LogP contribution in [0.5, 0.6) is 5.75 Å². The van der Waals surface area contributed by atoms with Gasteiger partial charge in [-0.25, -0.2) is 0 Å². The van der Waals surface area contributed by atoms with Gasteiger partial charge in [0.05, 0.1) is 12.7 Å². The summed E-state index contributed by atoms with van der Waals surface area (Å²) >= 11 is 0. The number of phenolic OH excluding ortho intramolecular Hbond substituents is 1. The van der Waals surface area contributed by atoms with Crippen molar-refractivity contribution in [3.8, 4) is 5.75 Å². The third-order valence-electron chi connectivity index (χ3n) is 5.01. The predicted octanol–water partition coefficient (Wildman–Crippen LogP) is 3.93. The average molecular weight is 258 g/mol. The van der Waals surface area contributed by atoms with Crippen LogP contribution in [0, 0.1) is 23.7 Å². The zero-order chi connectivity index (χ0) is 13.6. The van der Waals surface area contributed by atoms with Crippen LogP contribution in [0.3, 0.4) is 0 Å². The molecular weight excluding hydrogens is 236 g/mol. The molecule has 0 unspecified atom stereocenters. The van der Waals surface area contributed by atoms with E-state index in [4.69, 9.17) is 4.74 Å². The largest absolute Gasteiger partial charge is 0.508 e. The van der Waals surface area contributed by atoms with E-state index in [1.54, 1.807) is 6.07 Å². The van der Waals surface area contributed by atoms with Crippen molar-refractivity contribution in [2.45, 2.75) is 26.9 Å². The third kappa shape index (κ3) is 1.99. The molecule has 0 aromatic heterocycles. The van der Waals surface area contributed by atoms with Crippen molar-refractivity contribution in [3.05, 3.63) is 41.5 Å². The Balaban J connectivity index is 2.01. The Labute approximate surface area is 115 Å². The highest BCUT2D eigenvalue weighted by Gasteiger charge is 2.44. The number of hydrogen-bond donors (Lipinski definition) is 1. The minimum absolute atomic E-state index is 0.00352. The molecule has 5 atom stereocenters. The summed E-state index contributed by atoms with van der Waals surface area (Å²) < 4.78 is 6.12. The van der Waals surface area contributed by atoms with Gasteiger partial charge in [-0.15, -0.1) is 0 Å². The van der Waals surface area contributed by atoms with E-state index in [2.05, 4.69) is 26.8 Å². The molecule has 1 N–H and O–H groups in total. The van der Waals surface area contributed by atoms with Crippen molar-refractivity contribution >= 4 is 0 Å². The van der Waals surface area contributed by atoms with Gasteiger partial charge in [0.2, 0.25) is 0 Å². The molecule has 1 heterocycles. The molecule has 1 fully saturated rings. The zero-order valence-electron chi connectivity index (χ0n) is 11.8. The highest BCUT2D eigenvalue weighted by atomic mass is 16.5. The average Bonchev–Trinajstić information content (AvgIpc) is 2.36. The van der Waals surface area contributed by atoms with Crippen LogP contribution < -0.4 is 0 Å². The van der Waals surface area contributed by atoms with Gasteiger partial charge >= 0.3 is 0 Å². The van der Waals surface area contributed by atoms with E-state index in [1.807, 2.05) is 18.2 Å². The lowest BCUT2D eigenvalue weighted by Gasteiger charge is -2.47. The second-order valence-corrected chi connectivity index (χ2v) is 6.13. The van der Waals surface area contributed by atoms with Crippen LogP contribution in [-0.2, 0) is 4.74 Å². The first-order valence-corrected chi connectivity index (χ1v) is 7.17. The smallest absolute Gasteiger partial charge is 0.121 e. The number of benzene rings is 1. The van der Waals surface area contributed by atoms with Crippen LogP contribution >= 0.6 is 0 Å². The molecule has 0 saturated carbocycles. The molecule has 1 aromatic rings. The Kier molecular flexibility index (Phi) is 3.14. The van der Waals surface area contributed by atoms with Crippen molar-refractivity contribution in [3.63, 3.8) is 0 Å². The number of rotatable bonds is 1. The Morgan fingerprint density at radius 1 is 1.21 bits per heavy atom. The van der Waals surface area contributed by atoms with Crippen molar-refractivity contribution in [1.82, 2.24) is 0 Å². The minimum atomic E-state index is -0.00352. The van der Waals surface area contributed by atoms with Gasteiger partial charge in [-0.05, 0) is 30.7 Å². The fourth-order valence-corrected chi connectivity index (χ4v) is 3.96. The van der Waals surface area contributed by atoms with Crippen LogP contribution in [0.4, 0.5) is 0 Å². The fourth-order valence-electron chi connectivity index (χ4n) is 3.96. The first-order chi connectivity index (χ1) is 9.09. The van der Waals surface area contributed by atoms with Crippen LogP contribution in [0.15, 0.2) is 35.9 Å². The fraction of sp³-hybridized carbons (Fsp3) is 0.529. The van der Waals surface area contributed by atoms with Crippen LogP contribution in [0.25, 0.3) is 0 Å². The number of phenols is 1. The molecule has 2 heteroatoms. The topological polar surface area (TPSA) is 29.5 Å². The van der Waals surface area contributed by atoms with Gasteiger partial charge in [-0.1, -0.05) is 43.7 Å². The minimum Gasteiger partial charge on any atom is -0.508 e. The number of allylic oxidation sites excluding steroid dienone is 1. The van der Waals surface area contributed by atoms with E-state index < -0.39 is 0 Å². The van der Waals surface area contributed by atoms with E-state index >= 15 is 0 Å². The summed E-state index contributed by atoms with van der Waals surface area (Å²) in [5.74, 6) is 2.55. The summed E-state index contributed by atoms with van der Waals surface area (Å²) in [6.45, 7) is 7.61. The summed E-state index contributed by atoms with van der Waals surface area (Å²) in [4.78, 5) is 0. The van der Waals surface area contributed by atoms with Gasteiger partial charge in [0, 0.05) is 11.5 Å². The first-order valence-electron chi connectivity index (χ1n) is 7.17. The summed E-state index contributed by atoms with van der Waals surface area (Å²) in [6.07, 6.45) is 2.39. The first kappa shape index (κ1) is 12.7. The van der Waals surface area contributed by atoms with Gasteiger partial charge in [-0.2, -0.15) is 0 Å². The van der Waals surface area contributed by atoms with Gasteiger partial charge < -0.3 is 9.84 Å². The standard InChI is InChI=1S/C17H22O2/c1-10-8-11(2)16-12(3)14(10)9-19-17(16)13-6-4-5-7-15(13)18/h4-8,10,12,14,16-18H,9H2,1-3H3/t10-,12+,14-,16-,17-/m1/s1. The maximum atomic E-state index is 10.1. The van der Waals surface area contributed by atoms with Gasteiger partial charge in [0.25, 0.3) is 0 Å². The number of para-hydroxylation sites is 1. The monoisotopic (exact) mass is 258 g/mol. The van der Waals surface area contributed by atoms with E-state index in [0.717, 1.165) is 12.2 Å². The summed E-state index contributed by atoms with van der Waals surface area (Å²) in [7, 11) is 0. The van der Waals surface area contributed by atoms with Crippen molar-refractivity contribution in [2.24, 2.45) is 23.7 Å². The van der Waals surface area contributed by atoms with E-state index in [9.17, 15) is 5.11 Å². The highest BCUT2D eigenvalue weighted by Crippen LogP contribution is 2.50. The lowest BCUT2D eigenvalue weighted by atomic mass is 9.64. The SMILES string of the molecule is CC1=C[C@@H](C)[C@H]2CO[C@H](c3ccccc3O)[C@H]1[C@H]2C.